The highest BCUT2D eigenvalue weighted by atomic mass is 16.5. The first-order valence-electron chi connectivity index (χ1n) is 7.80. The van der Waals surface area contributed by atoms with Gasteiger partial charge in [-0.1, -0.05) is 54.6 Å². The van der Waals surface area contributed by atoms with E-state index in [9.17, 15) is 4.79 Å². The summed E-state index contributed by atoms with van der Waals surface area (Å²) in [5.41, 5.74) is 3.56. The van der Waals surface area contributed by atoms with Crippen molar-refractivity contribution in [3.63, 3.8) is 0 Å². The highest BCUT2D eigenvalue weighted by Crippen LogP contribution is 2.23. The number of hydrogen-bond acceptors (Lipinski definition) is 3. The second-order valence-electron chi connectivity index (χ2n) is 5.38. The number of carbonyl (C=O) groups excluding carboxylic acids is 1. The molecule has 0 saturated carbocycles. The van der Waals surface area contributed by atoms with E-state index in [4.69, 9.17) is 10.00 Å². The Kier molecular flexibility index (Phi) is 5.04. The van der Waals surface area contributed by atoms with Crippen LogP contribution in [0.15, 0.2) is 84.9 Å². The van der Waals surface area contributed by atoms with Crippen molar-refractivity contribution in [2.75, 3.05) is 0 Å². The second kappa shape index (κ2) is 7.76. The molecular formula is C22H15NO2. The molecule has 3 rings (SSSR count). The monoisotopic (exact) mass is 325 g/mol. The van der Waals surface area contributed by atoms with Crippen molar-refractivity contribution in [3.05, 3.63) is 96.1 Å². The van der Waals surface area contributed by atoms with E-state index < -0.39 is 5.97 Å². The molecule has 25 heavy (non-hydrogen) atoms. The fourth-order valence-corrected chi connectivity index (χ4v) is 2.33. The van der Waals surface area contributed by atoms with Crippen molar-refractivity contribution in [1.82, 2.24) is 0 Å². The summed E-state index contributed by atoms with van der Waals surface area (Å²) in [7, 11) is 0. The molecule has 0 fully saturated rings. The van der Waals surface area contributed by atoms with Gasteiger partial charge in [-0.15, -0.1) is 0 Å². The van der Waals surface area contributed by atoms with Crippen LogP contribution in [0.25, 0.3) is 17.2 Å². The number of nitrogens with zero attached hydrogens (tertiary/aromatic N) is 1. The largest absolute Gasteiger partial charge is 0.423 e. The molecule has 120 valence electrons. The minimum absolute atomic E-state index is 0.421. The lowest BCUT2D eigenvalue weighted by Crippen LogP contribution is -2.03. The lowest BCUT2D eigenvalue weighted by molar-refractivity contribution is -0.128. The smallest absolute Gasteiger partial charge is 0.336 e. The predicted octanol–water partition coefficient (Wildman–Crippen LogP) is 4.84. The minimum atomic E-state index is -0.421. The van der Waals surface area contributed by atoms with Crippen molar-refractivity contribution in [1.29, 1.82) is 5.26 Å². The van der Waals surface area contributed by atoms with E-state index in [0.29, 0.717) is 11.3 Å². The van der Waals surface area contributed by atoms with Crippen molar-refractivity contribution < 1.29 is 9.53 Å². The molecule has 0 radical (unpaired) electrons. The molecule has 3 heteroatoms. The lowest BCUT2D eigenvalue weighted by atomic mass is 10.0. The molecule has 0 amide bonds. The number of hydrogen-bond donors (Lipinski definition) is 0. The van der Waals surface area contributed by atoms with Crippen LogP contribution in [0.4, 0.5) is 0 Å². The predicted molar refractivity (Wildman–Crippen MR) is 97.7 cm³/mol. The van der Waals surface area contributed by atoms with Crippen LogP contribution in [-0.4, -0.2) is 5.97 Å². The third kappa shape index (κ3) is 4.43. The highest BCUT2D eigenvalue weighted by Gasteiger charge is 2.02. The Labute approximate surface area is 146 Å². The van der Waals surface area contributed by atoms with Crippen LogP contribution in [0.5, 0.6) is 5.75 Å². The molecule has 0 saturated heterocycles. The van der Waals surface area contributed by atoms with E-state index >= 15 is 0 Å². The summed E-state index contributed by atoms with van der Waals surface area (Å²) in [6, 6.07) is 26.3. The van der Waals surface area contributed by atoms with Crippen LogP contribution >= 0.6 is 0 Å². The Morgan fingerprint density at radius 3 is 2.04 bits per heavy atom. The highest BCUT2D eigenvalue weighted by molar-refractivity contribution is 5.88. The van der Waals surface area contributed by atoms with Gasteiger partial charge < -0.3 is 4.74 Å². The maximum absolute atomic E-state index is 11.9. The van der Waals surface area contributed by atoms with Gasteiger partial charge >= 0.3 is 5.97 Å². The number of rotatable bonds is 4. The van der Waals surface area contributed by atoms with Gasteiger partial charge in [0.15, 0.2) is 0 Å². The first-order valence-corrected chi connectivity index (χ1v) is 7.80. The molecule has 0 aliphatic heterocycles. The maximum atomic E-state index is 11.9. The molecule has 0 atom stereocenters. The summed E-state index contributed by atoms with van der Waals surface area (Å²) < 4.78 is 5.29. The Balaban J connectivity index is 1.65. The van der Waals surface area contributed by atoms with Crippen molar-refractivity contribution in [3.8, 4) is 22.9 Å². The fraction of sp³-hybridized carbons (Fsp3) is 0. The molecule has 3 nitrogen and oxygen atoms in total. The molecule has 0 aliphatic rings. The minimum Gasteiger partial charge on any atom is -0.423 e. The zero-order valence-electron chi connectivity index (χ0n) is 13.4. The van der Waals surface area contributed by atoms with Crippen LogP contribution in [0.2, 0.25) is 0 Å². The Bertz CT molecular complexity index is 919. The van der Waals surface area contributed by atoms with Crippen LogP contribution in [-0.2, 0) is 4.79 Å². The summed E-state index contributed by atoms with van der Waals surface area (Å²) >= 11 is 0. The molecule has 0 heterocycles. The summed E-state index contributed by atoms with van der Waals surface area (Å²) in [4.78, 5) is 11.9. The topological polar surface area (TPSA) is 50.1 Å². The van der Waals surface area contributed by atoms with E-state index in [0.717, 1.165) is 16.7 Å². The molecule has 0 aliphatic carbocycles. The van der Waals surface area contributed by atoms with Gasteiger partial charge in [-0.2, -0.15) is 5.26 Å². The quantitative estimate of drug-likeness (QED) is 0.391. The number of ether oxygens (including phenoxy) is 1. The molecule has 0 N–H and O–H groups in total. The molecule has 0 spiro atoms. The van der Waals surface area contributed by atoms with Gasteiger partial charge in [-0.3, -0.25) is 0 Å². The lowest BCUT2D eigenvalue weighted by Gasteiger charge is -2.04. The maximum Gasteiger partial charge on any atom is 0.336 e. The normalized spacial score (nSPS) is 10.4. The molecule has 0 unspecified atom stereocenters. The van der Waals surface area contributed by atoms with Crippen LogP contribution in [0.3, 0.4) is 0 Å². The van der Waals surface area contributed by atoms with Gasteiger partial charge in [0.1, 0.15) is 5.75 Å². The van der Waals surface area contributed by atoms with Gasteiger partial charge in [0.25, 0.3) is 0 Å². The molecule has 3 aromatic carbocycles. The SMILES string of the molecule is N#Cc1ccc(-c2ccc(OC(=O)C=Cc3ccccc3)cc2)cc1. The van der Waals surface area contributed by atoms with Crippen molar-refractivity contribution in [2.45, 2.75) is 0 Å². The summed E-state index contributed by atoms with van der Waals surface area (Å²) in [6.45, 7) is 0. The molecule has 3 aromatic rings. The number of esters is 1. The van der Waals surface area contributed by atoms with Crippen LogP contribution in [0, 0.1) is 11.3 Å². The third-order valence-corrected chi connectivity index (χ3v) is 3.63. The van der Waals surface area contributed by atoms with E-state index in [1.54, 1.807) is 30.3 Å². The summed E-state index contributed by atoms with van der Waals surface area (Å²) in [5, 5.41) is 8.83. The Morgan fingerprint density at radius 2 is 1.44 bits per heavy atom. The first kappa shape index (κ1) is 16.2. The molecule has 0 bridgehead atoms. The zero-order chi connectivity index (χ0) is 17.5. The van der Waals surface area contributed by atoms with Crippen LogP contribution < -0.4 is 4.74 Å². The summed E-state index contributed by atoms with van der Waals surface area (Å²) in [5.74, 6) is 0.0649. The van der Waals surface area contributed by atoms with Crippen molar-refractivity contribution >= 4 is 12.0 Å². The van der Waals surface area contributed by atoms with Gasteiger partial charge in [0.05, 0.1) is 11.6 Å². The van der Waals surface area contributed by atoms with E-state index in [2.05, 4.69) is 6.07 Å². The zero-order valence-corrected chi connectivity index (χ0v) is 13.4. The Hall–Kier alpha value is -3.64. The fourth-order valence-electron chi connectivity index (χ4n) is 2.33. The van der Waals surface area contributed by atoms with Crippen molar-refractivity contribution in [2.24, 2.45) is 0 Å². The Morgan fingerprint density at radius 1 is 0.840 bits per heavy atom. The molecular weight excluding hydrogens is 310 g/mol. The third-order valence-electron chi connectivity index (χ3n) is 3.63. The standard InChI is InChI=1S/C22H15NO2/c23-16-18-6-9-19(10-7-18)20-11-13-21(14-12-20)25-22(24)15-8-17-4-2-1-3-5-17/h1-15H. The number of nitriles is 1. The van der Waals surface area contributed by atoms with Crippen LogP contribution in [0.1, 0.15) is 11.1 Å². The van der Waals surface area contributed by atoms with E-state index in [1.165, 1.54) is 6.08 Å². The van der Waals surface area contributed by atoms with Gasteiger partial charge in [-0.25, -0.2) is 4.79 Å². The number of benzene rings is 3. The van der Waals surface area contributed by atoms with E-state index in [-0.39, 0.29) is 0 Å². The average molecular weight is 325 g/mol. The van der Waals surface area contributed by atoms with Gasteiger partial charge in [-0.05, 0) is 47.0 Å². The molecule has 0 aromatic heterocycles. The average Bonchev–Trinajstić information content (AvgIpc) is 2.68. The van der Waals surface area contributed by atoms with Gasteiger partial charge in [0.2, 0.25) is 0 Å². The summed E-state index contributed by atoms with van der Waals surface area (Å²) in [6.07, 6.45) is 3.12. The van der Waals surface area contributed by atoms with Gasteiger partial charge in [0, 0.05) is 6.08 Å². The number of carbonyl (C=O) groups is 1. The second-order valence-corrected chi connectivity index (χ2v) is 5.38. The first-order chi connectivity index (χ1) is 12.2. The van der Waals surface area contributed by atoms with E-state index in [1.807, 2.05) is 54.6 Å².